The first-order valence-corrected chi connectivity index (χ1v) is 9.60. The van der Waals surface area contributed by atoms with Gasteiger partial charge in [0.2, 0.25) is 0 Å². The predicted octanol–water partition coefficient (Wildman–Crippen LogP) is 3.64. The van der Waals surface area contributed by atoms with Gasteiger partial charge < -0.3 is 15.0 Å². The number of carbonyl (C=O) groups excluding carboxylic acids is 1. The molecule has 0 bridgehead atoms. The molecule has 0 radical (unpaired) electrons. The summed E-state index contributed by atoms with van der Waals surface area (Å²) in [5.41, 5.74) is 1.85. The maximum atomic E-state index is 11.8. The van der Waals surface area contributed by atoms with Crippen LogP contribution in [-0.2, 0) is 6.42 Å². The highest BCUT2D eigenvalue weighted by atomic mass is 16.5. The molecule has 1 N–H and O–H groups in total. The van der Waals surface area contributed by atoms with Crippen molar-refractivity contribution in [2.75, 3.05) is 32.8 Å². The molecule has 4 heteroatoms. The Bertz CT molecular complexity index is 510. The topological polar surface area (TPSA) is 41.6 Å². The summed E-state index contributed by atoms with van der Waals surface area (Å²) >= 11 is 0. The van der Waals surface area contributed by atoms with Gasteiger partial charge in [-0.15, -0.1) is 0 Å². The van der Waals surface area contributed by atoms with Crippen molar-refractivity contribution in [3.05, 3.63) is 29.3 Å². The largest absolute Gasteiger partial charge is 0.493 e. The molecule has 1 aromatic rings. The highest BCUT2D eigenvalue weighted by Crippen LogP contribution is 2.25. The van der Waals surface area contributed by atoms with Crippen molar-refractivity contribution in [3.63, 3.8) is 0 Å². The van der Waals surface area contributed by atoms with Crippen LogP contribution in [0.2, 0.25) is 0 Å². The molecule has 0 atom stereocenters. The molecule has 24 heavy (non-hydrogen) atoms. The lowest BCUT2D eigenvalue weighted by molar-refractivity contribution is 0.0945. The van der Waals surface area contributed by atoms with E-state index in [1.165, 1.54) is 45.3 Å². The van der Waals surface area contributed by atoms with Gasteiger partial charge >= 0.3 is 0 Å². The minimum absolute atomic E-state index is 0.0248. The van der Waals surface area contributed by atoms with Crippen molar-refractivity contribution in [1.82, 2.24) is 10.2 Å². The van der Waals surface area contributed by atoms with E-state index in [-0.39, 0.29) is 5.91 Å². The fourth-order valence-corrected chi connectivity index (χ4v) is 3.37. The first-order chi connectivity index (χ1) is 11.8. The molecule has 0 aromatic heterocycles. The van der Waals surface area contributed by atoms with Crippen LogP contribution in [-0.4, -0.2) is 43.6 Å². The summed E-state index contributed by atoms with van der Waals surface area (Å²) in [5, 5.41) is 2.88. The van der Waals surface area contributed by atoms with Gasteiger partial charge in [-0.05, 0) is 63.9 Å². The molecule has 1 saturated heterocycles. The van der Waals surface area contributed by atoms with Gasteiger partial charge in [-0.2, -0.15) is 0 Å². The van der Waals surface area contributed by atoms with Gasteiger partial charge in [0.15, 0.2) is 0 Å². The van der Waals surface area contributed by atoms with E-state index < -0.39 is 0 Å². The average molecular weight is 332 g/mol. The lowest BCUT2D eigenvalue weighted by Crippen LogP contribution is -2.32. The molecule has 2 aliphatic heterocycles. The minimum atomic E-state index is 0.0248. The zero-order valence-corrected chi connectivity index (χ0v) is 15.3. The highest BCUT2D eigenvalue weighted by molar-refractivity contribution is 5.97. The SMILES string of the molecule is CC.O=C1NCCc2c(OCCCCN3CCCCC3)cccc21. The van der Waals surface area contributed by atoms with Gasteiger partial charge in [-0.3, -0.25) is 4.79 Å². The number of fused-ring (bicyclic) bond motifs is 1. The highest BCUT2D eigenvalue weighted by Gasteiger charge is 2.19. The van der Waals surface area contributed by atoms with Crippen molar-refractivity contribution in [2.24, 2.45) is 0 Å². The number of hydrogen-bond donors (Lipinski definition) is 1. The standard InChI is InChI=1S/C18H26N2O2.C2H6/c21-18-16-7-6-8-17(15(16)9-10-19-18)22-14-5-4-13-20-11-2-1-3-12-20;1-2/h6-8H,1-5,9-14H2,(H,19,21);1-2H3. The van der Waals surface area contributed by atoms with Crippen LogP contribution in [0, 0.1) is 0 Å². The Labute approximate surface area is 146 Å². The van der Waals surface area contributed by atoms with E-state index in [2.05, 4.69) is 10.2 Å². The Morgan fingerprint density at radius 3 is 2.71 bits per heavy atom. The molecule has 134 valence electrons. The average Bonchev–Trinajstić information content (AvgIpc) is 2.65. The van der Waals surface area contributed by atoms with E-state index in [4.69, 9.17) is 4.74 Å². The molecule has 1 amide bonds. The monoisotopic (exact) mass is 332 g/mol. The molecule has 1 aromatic carbocycles. The smallest absolute Gasteiger partial charge is 0.251 e. The summed E-state index contributed by atoms with van der Waals surface area (Å²) < 4.78 is 5.94. The lowest BCUT2D eigenvalue weighted by Gasteiger charge is -2.26. The third-order valence-corrected chi connectivity index (χ3v) is 4.61. The van der Waals surface area contributed by atoms with Crippen LogP contribution in [0.4, 0.5) is 0 Å². The first kappa shape index (κ1) is 18.8. The van der Waals surface area contributed by atoms with Gasteiger partial charge in [-0.1, -0.05) is 26.3 Å². The number of nitrogens with one attached hydrogen (secondary N) is 1. The van der Waals surface area contributed by atoms with E-state index in [0.717, 1.165) is 36.3 Å². The Morgan fingerprint density at radius 2 is 1.92 bits per heavy atom. The van der Waals surface area contributed by atoms with Crippen LogP contribution in [0.15, 0.2) is 18.2 Å². The second-order valence-electron chi connectivity index (χ2n) is 6.25. The number of carbonyl (C=O) groups is 1. The lowest BCUT2D eigenvalue weighted by atomic mass is 9.99. The van der Waals surface area contributed by atoms with Gasteiger partial charge in [0.25, 0.3) is 5.91 Å². The molecule has 0 saturated carbocycles. The maximum Gasteiger partial charge on any atom is 0.251 e. The van der Waals surface area contributed by atoms with Crippen LogP contribution in [0.3, 0.4) is 0 Å². The number of unbranched alkanes of at least 4 members (excludes halogenated alkanes) is 1. The van der Waals surface area contributed by atoms with Gasteiger partial charge in [-0.25, -0.2) is 0 Å². The number of piperidine rings is 1. The third kappa shape index (κ3) is 5.23. The van der Waals surface area contributed by atoms with Gasteiger partial charge in [0.05, 0.1) is 6.61 Å². The fourth-order valence-electron chi connectivity index (χ4n) is 3.37. The van der Waals surface area contributed by atoms with E-state index in [1.807, 2.05) is 32.0 Å². The van der Waals surface area contributed by atoms with Crippen LogP contribution >= 0.6 is 0 Å². The Balaban J connectivity index is 0.00000100. The van der Waals surface area contributed by atoms with Crippen molar-refractivity contribution in [3.8, 4) is 5.75 Å². The molecular weight excluding hydrogens is 300 g/mol. The van der Waals surface area contributed by atoms with Crippen molar-refractivity contribution in [1.29, 1.82) is 0 Å². The van der Waals surface area contributed by atoms with Crippen LogP contribution in [0.25, 0.3) is 0 Å². The maximum absolute atomic E-state index is 11.8. The van der Waals surface area contributed by atoms with Gasteiger partial charge in [0, 0.05) is 17.7 Å². The summed E-state index contributed by atoms with van der Waals surface area (Å²) in [6.07, 6.45) is 7.24. The first-order valence-electron chi connectivity index (χ1n) is 9.60. The summed E-state index contributed by atoms with van der Waals surface area (Å²) in [6, 6.07) is 5.78. The number of amides is 1. The molecule has 4 nitrogen and oxygen atoms in total. The van der Waals surface area contributed by atoms with Gasteiger partial charge in [0.1, 0.15) is 5.75 Å². The van der Waals surface area contributed by atoms with E-state index >= 15 is 0 Å². The zero-order chi connectivity index (χ0) is 17.2. The summed E-state index contributed by atoms with van der Waals surface area (Å²) in [6.45, 7) is 9.18. The minimum Gasteiger partial charge on any atom is -0.493 e. The molecule has 0 spiro atoms. The second kappa shape index (κ2) is 10.3. The molecular formula is C20H32N2O2. The van der Waals surface area contributed by atoms with Crippen LogP contribution < -0.4 is 10.1 Å². The Hall–Kier alpha value is -1.55. The van der Waals surface area contributed by atoms with E-state index in [0.29, 0.717) is 6.54 Å². The molecule has 1 fully saturated rings. The number of nitrogens with zero attached hydrogens (tertiary/aromatic N) is 1. The number of benzene rings is 1. The normalized spacial score (nSPS) is 17.3. The summed E-state index contributed by atoms with van der Waals surface area (Å²) in [5.74, 6) is 0.919. The number of ether oxygens (including phenoxy) is 1. The van der Waals surface area contributed by atoms with Crippen molar-refractivity contribution in [2.45, 2.75) is 52.4 Å². The number of likely N-dealkylation sites (tertiary alicyclic amines) is 1. The van der Waals surface area contributed by atoms with Crippen molar-refractivity contribution < 1.29 is 9.53 Å². The molecule has 2 heterocycles. The number of rotatable bonds is 6. The zero-order valence-electron chi connectivity index (χ0n) is 15.3. The van der Waals surface area contributed by atoms with Crippen molar-refractivity contribution >= 4 is 5.91 Å². The molecule has 3 rings (SSSR count). The third-order valence-electron chi connectivity index (χ3n) is 4.61. The molecule has 2 aliphatic rings. The molecule has 0 aliphatic carbocycles. The quantitative estimate of drug-likeness (QED) is 0.809. The van der Waals surface area contributed by atoms with Crippen LogP contribution in [0.1, 0.15) is 61.9 Å². The Morgan fingerprint density at radius 1 is 1.12 bits per heavy atom. The second-order valence-corrected chi connectivity index (χ2v) is 6.25. The van der Waals surface area contributed by atoms with Crippen LogP contribution in [0.5, 0.6) is 5.75 Å². The van der Waals surface area contributed by atoms with E-state index in [1.54, 1.807) is 0 Å². The predicted molar refractivity (Wildman–Crippen MR) is 98.8 cm³/mol. The number of hydrogen-bond acceptors (Lipinski definition) is 3. The Kier molecular flexibility index (Phi) is 8.10. The fraction of sp³-hybridized carbons (Fsp3) is 0.650. The molecule has 0 unspecified atom stereocenters. The summed E-state index contributed by atoms with van der Waals surface area (Å²) in [7, 11) is 0. The summed E-state index contributed by atoms with van der Waals surface area (Å²) in [4.78, 5) is 14.4. The van der Waals surface area contributed by atoms with E-state index in [9.17, 15) is 4.79 Å².